The molecule has 0 radical (unpaired) electrons. The summed E-state index contributed by atoms with van der Waals surface area (Å²) in [5, 5.41) is 4.02. The number of hydrogen-bond acceptors (Lipinski definition) is 4. The molecule has 0 unspecified atom stereocenters. The topological polar surface area (TPSA) is 64.9 Å². The van der Waals surface area contributed by atoms with Gasteiger partial charge in [-0.1, -0.05) is 47.1 Å². The zero-order valence-electron chi connectivity index (χ0n) is 11.2. The number of aryl methyl sites for hydroxylation is 1. The minimum Gasteiger partial charge on any atom is -0.399 e. The van der Waals surface area contributed by atoms with E-state index in [9.17, 15) is 0 Å². The van der Waals surface area contributed by atoms with Gasteiger partial charge in [-0.2, -0.15) is 4.98 Å². The predicted octanol–water partition coefficient (Wildman–Crippen LogP) is 3.22. The molecule has 20 heavy (non-hydrogen) atoms. The van der Waals surface area contributed by atoms with Gasteiger partial charge < -0.3 is 10.3 Å². The van der Waals surface area contributed by atoms with Gasteiger partial charge >= 0.3 is 0 Å². The minimum absolute atomic E-state index is 0.587. The van der Waals surface area contributed by atoms with Gasteiger partial charge in [-0.15, -0.1) is 0 Å². The molecule has 0 aliphatic heterocycles. The van der Waals surface area contributed by atoms with Crippen molar-refractivity contribution in [1.82, 2.24) is 10.1 Å². The maximum atomic E-state index is 5.76. The van der Waals surface area contributed by atoms with Gasteiger partial charge in [0.15, 0.2) is 0 Å². The zero-order chi connectivity index (χ0) is 13.9. The van der Waals surface area contributed by atoms with Crippen LogP contribution in [-0.4, -0.2) is 10.1 Å². The summed E-state index contributed by atoms with van der Waals surface area (Å²) in [6, 6.07) is 15.7. The summed E-state index contributed by atoms with van der Waals surface area (Å²) in [7, 11) is 0. The summed E-state index contributed by atoms with van der Waals surface area (Å²) in [6.07, 6.45) is 0.587. The summed E-state index contributed by atoms with van der Waals surface area (Å²) < 4.78 is 5.29. The number of hydrogen-bond donors (Lipinski definition) is 1. The van der Waals surface area contributed by atoms with Crippen molar-refractivity contribution in [2.45, 2.75) is 13.3 Å². The van der Waals surface area contributed by atoms with E-state index < -0.39 is 0 Å². The van der Waals surface area contributed by atoms with Gasteiger partial charge in [0.1, 0.15) is 0 Å². The molecule has 2 aromatic carbocycles. The Bertz CT molecular complexity index is 717. The molecule has 2 N–H and O–H groups in total. The molecule has 0 aliphatic carbocycles. The van der Waals surface area contributed by atoms with Crippen molar-refractivity contribution in [2.24, 2.45) is 0 Å². The number of nitrogen functional groups attached to an aromatic ring is 1. The number of aromatic nitrogens is 2. The molecular formula is C16H15N3O. The highest BCUT2D eigenvalue weighted by atomic mass is 16.5. The van der Waals surface area contributed by atoms with Crippen LogP contribution in [0.15, 0.2) is 53.1 Å². The van der Waals surface area contributed by atoms with Crippen molar-refractivity contribution < 1.29 is 4.52 Å². The summed E-state index contributed by atoms with van der Waals surface area (Å²) in [4.78, 5) is 4.42. The molecule has 4 heteroatoms. The normalized spacial score (nSPS) is 10.7. The first-order valence-corrected chi connectivity index (χ1v) is 6.45. The van der Waals surface area contributed by atoms with Crippen LogP contribution in [-0.2, 0) is 6.42 Å². The average Bonchev–Trinajstić information content (AvgIpc) is 2.88. The highest BCUT2D eigenvalue weighted by Gasteiger charge is 2.09. The van der Waals surface area contributed by atoms with Crippen molar-refractivity contribution in [3.8, 4) is 11.4 Å². The summed E-state index contributed by atoms with van der Waals surface area (Å²) in [5.74, 6) is 1.20. The van der Waals surface area contributed by atoms with Crippen molar-refractivity contribution in [2.75, 3.05) is 5.73 Å². The van der Waals surface area contributed by atoms with Crippen LogP contribution in [0.2, 0.25) is 0 Å². The zero-order valence-corrected chi connectivity index (χ0v) is 11.2. The van der Waals surface area contributed by atoms with Gasteiger partial charge in [-0.25, -0.2) is 0 Å². The van der Waals surface area contributed by atoms with Crippen LogP contribution in [0, 0.1) is 6.92 Å². The predicted molar refractivity (Wildman–Crippen MR) is 78.1 cm³/mol. The van der Waals surface area contributed by atoms with Crippen LogP contribution in [0.1, 0.15) is 17.0 Å². The van der Waals surface area contributed by atoms with E-state index in [2.05, 4.69) is 10.1 Å². The van der Waals surface area contributed by atoms with E-state index in [-0.39, 0.29) is 0 Å². The van der Waals surface area contributed by atoms with Gasteiger partial charge in [0.25, 0.3) is 0 Å². The molecule has 0 fully saturated rings. The first kappa shape index (κ1) is 12.4. The first-order chi connectivity index (χ1) is 9.70. The molecule has 1 aromatic heterocycles. The largest absolute Gasteiger partial charge is 0.399 e. The summed E-state index contributed by atoms with van der Waals surface area (Å²) in [6.45, 7) is 2.05. The van der Waals surface area contributed by atoms with Gasteiger partial charge in [0.2, 0.25) is 11.7 Å². The number of nitrogens with zero attached hydrogens (tertiary/aromatic N) is 2. The molecule has 0 saturated carbocycles. The molecular weight excluding hydrogens is 250 g/mol. The number of rotatable bonds is 3. The highest BCUT2D eigenvalue weighted by molar-refractivity contribution is 5.54. The standard InChI is InChI=1S/C16H15N3O/c1-11-5-7-13(8-6-11)16-18-15(20-19-16)10-12-3-2-4-14(17)9-12/h2-9H,10,17H2,1H3. The molecule has 0 saturated heterocycles. The van der Waals surface area contributed by atoms with Crippen molar-refractivity contribution >= 4 is 5.69 Å². The molecule has 1 heterocycles. The molecule has 0 amide bonds. The van der Waals surface area contributed by atoms with E-state index in [1.807, 2.05) is 55.5 Å². The fourth-order valence-electron chi connectivity index (χ4n) is 2.02. The van der Waals surface area contributed by atoms with E-state index >= 15 is 0 Å². The quantitative estimate of drug-likeness (QED) is 0.738. The van der Waals surface area contributed by atoms with Crippen LogP contribution >= 0.6 is 0 Å². The van der Waals surface area contributed by atoms with Crippen molar-refractivity contribution in [1.29, 1.82) is 0 Å². The van der Waals surface area contributed by atoms with E-state index in [1.54, 1.807) is 0 Å². The average molecular weight is 265 g/mol. The van der Waals surface area contributed by atoms with Crippen LogP contribution in [0.3, 0.4) is 0 Å². The van der Waals surface area contributed by atoms with E-state index in [0.29, 0.717) is 18.1 Å². The van der Waals surface area contributed by atoms with Gasteiger partial charge in [0.05, 0.1) is 6.42 Å². The Morgan fingerprint density at radius 3 is 2.65 bits per heavy atom. The van der Waals surface area contributed by atoms with E-state index in [0.717, 1.165) is 16.8 Å². The second-order valence-corrected chi connectivity index (χ2v) is 4.80. The van der Waals surface area contributed by atoms with Crippen LogP contribution in [0.4, 0.5) is 5.69 Å². The van der Waals surface area contributed by atoms with Crippen LogP contribution in [0.25, 0.3) is 11.4 Å². The summed E-state index contributed by atoms with van der Waals surface area (Å²) >= 11 is 0. The fourth-order valence-corrected chi connectivity index (χ4v) is 2.02. The molecule has 3 aromatic rings. The minimum atomic E-state index is 0.587. The molecule has 0 spiro atoms. The Labute approximate surface area is 117 Å². The molecule has 0 atom stereocenters. The van der Waals surface area contributed by atoms with E-state index in [4.69, 9.17) is 10.3 Å². The molecule has 4 nitrogen and oxygen atoms in total. The maximum absolute atomic E-state index is 5.76. The van der Waals surface area contributed by atoms with Crippen molar-refractivity contribution in [3.05, 3.63) is 65.5 Å². The van der Waals surface area contributed by atoms with Gasteiger partial charge in [-0.05, 0) is 24.6 Å². The third-order valence-electron chi connectivity index (χ3n) is 3.08. The molecule has 0 bridgehead atoms. The third kappa shape index (κ3) is 2.69. The lowest BCUT2D eigenvalue weighted by Gasteiger charge is -1.98. The lowest BCUT2D eigenvalue weighted by molar-refractivity contribution is 0.386. The Hall–Kier alpha value is -2.62. The highest BCUT2D eigenvalue weighted by Crippen LogP contribution is 2.18. The van der Waals surface area contributed by atoms with Crippen molar-refractivity contribution in [3.63, 3.8) is 0 Å². The third-order valence-corrected chi connectivity index (χ3v) is 3.08. The van der Waals surface area contributed by atoms with Gasteiger partial charge in [0, 0.05) is 11.3 Å². The molecule has 100 valence electrons. The Kier molecular flexibility index (Phi) is 3.21. The second-order valence-electron chi connectivity index (χ2n) is 4.80. The second kappa shape index (κ2) is 5.17. The monoisotopic (exact) mass is 265 g/mol. The summed E-state index contributed by atoms with van der Waals surface area (Å²) in [5.41, 5.74) is 9.71. The van der Waals surface area contributed by atoms with Crippen LogP contribution in [0.5, 0.6) is 0 Å². The number of nitrogens with two attached hydrogens (primary N) is 1. The fraction of sp³-hybridized carbons (Fsp3) is 0.125. The van der Waals surface area contributed by atoms with Gasteiger partial charge in [-0.3, -0.25) is 0 Å². The smallest absolute Gasteiger partial charge is 0.231 e. The Balaban J connectivity index is 1.82. The lowest BCUT2D eigenvalue weighted by Crippen LogP contribution is -1.91. The van der Waals surface area contributed by atoms with E-state index in [1.165, 1.54) is 5.56 Å². The first-order valence-electron chi connectivity index (χ1n) is 6.45. The molecule has 0 aliphatic rings. The SMILES string of the molecule is Cc1ccc(-c2noc(Cc3cccc(N)c3)n2)cc1. The number of anilines is 1. The molecule has 3 rings (SSSR count). The lowest BCUT2D eigenvalue weighted by atomic mass is 10.1. The maximum Gasteiger partial charge on any atom is 0.231 e. The van der Waals surface area contributed by atoms with Crippen LogP contribution < -0.4 is 5.73 Å². The Morgan fingerprint density at radius 2 is 1.90 bits per heavy atom. The number of benzene rings is 2. The Morgan fingerprint density at radius 1 is 1.10 bits per heavy atom.